The molecule has 0 spiro atoms. The normalized spacial score (nSPS) is 11.7. The molecule has 1 atom stereocenters. The van der Waals surface area contributed by atoms with E-state index in [9.17, 15) is 9.59 Å². The lowest BCUT2D eigenvalue weighted by Gasteiger charge is -2.16. The third kappa shape index (κ3) is 6.72. The first-order valence-electron chi connectivity index (χ1n) is 9.98. The number of nitrogens with one attached hydrogen (secondary N) is 1. The van der Waals surface area contributed by atoms with Crippen molar-refractivity contribution in [3.8, 4) is 23.0 Å². The van der Waals surface area contributed by atoms with Crippen LogP contribution in [0.4, 0.5) is 11.4 Å². The fraction of sp³-hybridized carbons (Fsp3) is 0.364. The number of ether oxygens (including phenoxy) is 4. The second-order valence-electron chi connectivity index (χ2n) is 6.52. The third-order valence-electron chi connectivity index (χ3n) is 4.24. The number of methoxy groups -OCH3 is 2. The number of ketones is 1. The monoisotopic (exact) mass is 497 g/mol. The number of hydrogen-bond donors (Lipinski definition) is 1. The summed E-state index contributed by atoms with van der Waals surface area (Å²) < 4.78 is 21.4. The number of halogens is 2. The first kappa shape index (κ1) is 26.2. The zero-order valence-electron chi connectivity index (χ0n) is 18.9. The lowest BCUT2D eigenvalue weighted by Crippen LogP contribution is -2.32. The zero-order valence-corrected chi connectivity index (χ0v) is 20.4. The van der Waals surface area contributed by atoms with E-state index in [1.54, 1.807) is 19.1 Å². The zero-order chi connectivity index (χ0) is 24.5. The van der Waals surface area contributed by atoms with Crippen molar-refractivity contribution in [2.75, 3.05) is 32.8 Å². The Morgan fingerprint density at radius 1 is 0.970 bits per heavy atom. The van der Waals surface area contributed by atoms with Gasteiger partial charge in [-0.25, -0.2) is 0 Å². The van der Waals surface area contributed by atoms with E-state index in [2.05, 4.69) is 15.5 Å². The van der Waals surface area contributed by atoms with E-state index in [0.717, 1.165) is 0 Å². The van der Waals surface area contributed by atoms with Gasteiger partial charge in [0.15, 0.2) is 11.5 Å². The van der Waals surface area contributed by atoms with Gasteiger partial charge in [0, 0.05) is 24.3 Å². The highest BCUT2D eigenvalue weighted by molar-refractivity contribution is 6.33. The topological polar surface area (TPSA) is 108 Å². The van der Waals surface area contributed by atoms with Crippen LogP contribution in [0, 0.1) is 0 Å². The van der Waals surface area contributed by atoms with Crippen molar-refractivity contribution >= 4 is 46.3 Å². The molecule has 2 aromatic rings. The molecule has 0 saturated carbocycles. The first-order valence-corrected chi connectivity index (χ1v) is 10.7. The summed E-state index contributed by atoms with van der Waals surface area (Å²) in [6.45, 7) is 5.53. The molecule has 178 valence electrons. The van der Waals surface area contributed by atoms with Crippen molar-refractivity contribution in [2.24, 2.45) is 10.2 Å². The Morgan fingerprint density at radius 3 is 2.21 bits per heavy atom. The Labute approximate surface area is 202 Å². The molecular weight excluding hydrogens is 473 g/mol. The number of Topliss-reactive ketones (excluding diaryl/α,β-unsaturated/α-hetero) is 1. The average molecular weight is 498 g/mol. The van der Waals surface area contributed by atoms with Crippen LogP contribution in [0.5, 0.6) is 23.0 Å². The molecule has 0 aliphatic carbocycles. The molecule has 2 rings (SSSR count). The lowest BCUT2D eigenvalue weighted by atomic mass is 10.2. The third-order valence-corrected chi connectivity index (χ3v) is 4.82. The van der Waals surface area contributed by atoms with Gasteiger partial charge in [-0.2, -0.15) is 10.2 Å². The number of nitrogens with zero attached hydrogens (tertiary/aromatic N) is 2. The second-order valence-corrected chi connectivity index (χ2v) is 7.34. The molecule has 1 N–H and O–H groups in total. The molecule has 0 radical (unpaired) electrons. The van der Waals surface area contributed by atoms with Crippen LogP contribution in [-0.4, -0.2) is 45.2 Å². The molecule has 2 aromatic carbocycles. The van der Waals surface area contributed by atoms with Crippen LogP contribution in [-0.2, 0) is 9.59 Å². The summed E-state index contributed by atoms with van der Waals surface area (Å²) in [7, 11) is 2.87. The van der Waals surface area contributed by atoms with Crippen molar-refractivity contribution < 1.29 is 28.5 Å². The SMILES string of the molecule is CCOc1cc(Cl)c(OCC)c(NC(=O)C(N=Nc2cc(OC)c(Cl)cc2OC)C(C)=O)c1. The van der Waals surface area contributed by atoms with Gasteiger partial charge >= 0.3 is 0 Å². The predicted molar refractivity (Wildman–Crippen MR) is 126 cm³/mol. The summed E-state index contributed by atoms with van der Waals surface area (Å²) in [5, 5.41) is 11.2. The Kier molecular flexibility index (Phi) is 9.74. The molecule has 0 aliphatic heterocycles. The predicted octanol–water partition coefficient (Wildman–Crippen LogP) is 5.49. The standard InChI is InChI=1S/C22H25Cl2N3O6/c1-6-32-13-8-15(24)21(33-7-2)17(9-13)25-22(29)20(12(3)28)27-26-16-11-18(30-4)14(23)10-19(16)31-5/h8-11,20H,6-7H2,1-5H3,(H,25,29). The fourth-order valence-corrected chi connectivity index (χ4v) is 3.26. The van der Waals surface area contributed by atoms with Crippen molar-refractivity contribution in [1.29, 1.82) is 0 Å². The van der Waals surface area contributed by atoms with Crippen molar-refractivity contribution in [3.05, 3.63) is 34.3 Å². The van der Waals surface area contributed by atoms with Gasteiger partial charge in [-0.05, 0) is 20.8 Å². The molecule has 0 fully saturated rings. The van der Waals surface area contributed by atoms with Gasteiger partial charge in [-0.3, -0.25) is 9.59 Å². The molecule has 0 aromatic heterocycles. The quantitative estimate of drug-likeness (QED) is 0.324. The van der Waals surface area contributed by atoms with Crippen LogP contribution < -0.4 is 24.3 Å². The summed E-state index contributed by atoms with van der Waals surface area (Å²) in [5.41, 5.74) is 0.471. The Morgan fingerprint density at radius 2 is 1.64 bits per heavy atom. The Hall–Kier alpha value is -3.04. The minimum absolute atomic E-state index is 0.231. The highest BCUT2D eigenvalue weighted by atomic mass is 35.5. The van der Waals surface area contributed by atoms with Crippen LogP contribution >= 0.6 is 23.2 Å². The Bertz CT molecular complexity index is 1050. The van der Waals surface area contributed by atoms with Crippen molar-refractivity contribution in [1.82, 2.24) is 0 Å². The Balaban J connectivity index is 2.38. The molecule has 33 heavy (non-hydrogen) atoms. The summed E-state index contributed by atoms with van der Waals surface area (Å²) in [6, 6.07) is 4.67. The van der Waals surface area contributed by atoms with Crippen LogP contribution in [0.1, 0.15) is 20.8 Å². The molecule has 11 heteroatoms. The number of rotatable bonds is 11. The van der Waals surface area contributed by atoms with Gasteiger partial charge in [0.1, 0.15) is 22.9 Å². The van der Waals surface area contributed by atoms with Gasteiger partial charge in [0.05, 0.1) is 43.2 Å². The molecule has 0 aliphatic rings. The number of hydrogen-bond acceptors (Lipinski definition) is 8. The maximum absolute atomic E-state index is 12.9. The summed E-state index contributed by atoms with van der Waals surface area (Å²) in [4.78, 5) is 25.1. The number of benzene rings is 2. The molecular formula is C22H25Cl2N3O6. The largest absolute Gasteiger partial charge is 0.495 e. The number of amides is 1. The van der Waals surface area contributed by atoms with Gasteiger partial charge in [-0.15, -0.1) is 0 Å². The number of anilines is 1. The summed E-state index contributed by atoms with van der Waals surface area (Å²) >= 11 is 12.4. The molecule has 0 heterocycles. The molecule has 1 amide bonds. The van der Waals surface area contributed by atoms with Crippen molar-refractivity contribution in [2.45, 2.75) is 26.8 Å². The number of carbonyl (C=O) groups excluding carboxylic acids is 2. The van der Waals surface area contributed by atoms with E-state index in [1.807, 2.05) is 6.92 Å². The molecule has 0 saturated heterocycles. The van der Waals surface area contributed by atoms with E-state index >= 15 is 0 Å². The second kappa shape index (κ2) is 12.3. The average Bonchev–Trinajstić information content (AvgIpc) is 2.76. The van der Waals surface area contributed by atoms with Gasteiger partial charge in [0.2, 0.25) is 6.04 Å². The molecule has 1 unspecified atom stereocenters. The van der Waals surface area contributed by atoms with Crippen LogP contribution in [0.15, 0.2) is 34.5 Å². The smallest absolute Gasteiger partial charge is 0.258 e. The molecule has 0 bridgehead atoms. The minimum Gasteiger partial charge on any atom is -0.495 e. The van der Waals surface area contributed by atoms with E-state index in [1.165, 1.54) is 33.3 Å². The summed E-state index contributed by atoms with van der Waals surface area (Å²) in [5.74, 6) is 0.0543. The van der Waals surface area contributed by atoms with E-state index in [4.69, 9.17) is 42.1 Å². The van der Waals surface area contributed by atoms with E-state index in [0.29, 0.717) is 35.5 Å². The van der Waals surface area contributed by atoms with Gasteiger partial charge in [0.25, 0.3) is 5.91 Å². The minimum atomic E-state index is -1.44. The maximum atomic E-state index is 12.9. The first-order chi connectivity index (χ1) is 15.7. The highest BCUT2D eigenvalue weighted by Crippen LogP contribution is 2.39. The number of azo groups is 1. The van der Waals surface area contributed by atoms with Crippen LogP contribution in [0.25, 0.3) is 0 Å². The van der Waals surface area contributed by atoms with Gasteiger partial charge < -0.3 is 24.3 Å². The van der Waals surface area contributed by atoms with E-state index < -0.39 is 17.7 Å². The van der Waals surface area contributed by atoms with Crippen LogP contribution in [0.2, 0.25) is 10.0 Å². The van der Waals surface area contributed by atoms with Crippen molar-refractivity contribution in [3.63, 3.8) is 0 Å². The molecule has 9 nitrogen and oxygen atoms in total. The van der Waals surface area contributed by atoms with Crippen LogP contribution in [0.3, 0.4) is 0 Å². The summed E-state index contributed by atoms with van der Waals surface area (Å²) in [6.07, 6.45) is 0. The highest BCUT2D eigenvalue weighted by Gasteiger charge is 2.25. The lowest BCUT2D eigenvalue weighted by molar-refractivity contribution is -0.126. The number of carbonyl (C=O) groups is 2. The fourth-order valence-electron chi connectivity index (χ4n) is 2.76. The maximum Gasteiger partial charge on any atom is 0.258 e. The van der Waals surface area contributed by atoms with E-state index in [-0.39, 0.29) is 22.1 Å². The van der Waals surface area contributed by atoms with Gasteiger partial charge in [-0.1, -0.05) is 23.2 Å².